The average Bonchev–Trinajstić information content (AvgIpc) is 3.12. The minimum atomic E-state index is 0.127. The van der Waals surface area contributed by atoms with E-state index in [9.17, 15) is 4.79 Å². The highest BCUT2D eigenvalue weighted by Crippen LogP contribution is 2.40. The second-order valence-corrected chi connectivity index (χ2v) is 7.82. The number of aromatic amines is 1. The van der Waals surface area contributed by atoms with Crippen molar-refractivity contribution in [2.45, 2.75) is 31.3 Å². The molecule has 2 atom stereocenters. The van der Waals surface area contributed by atoms with E-state index in [1.165, 1.54) is 22.2 Å². The number of fused-ring (bicyclic) bond motifs is 5. The Labute approximate surface area is 159 Å². The third-order valence-corrected chi connectivity index (χ3v) is 6.40. The van der Waals surface area contributed by atoms with Gasteiger partial charge < -0.3 is 9.88 Å². The maximum absolute atomic E-state index is 12.9. The first-order valence-corrected chi connectivity index (χ1v) is 9.88. The average molecular weight is 359 g/mol. The molecule has 3 heterocycles. The van der Waals surface area contributed by atoms with Crippen LogP contribution < -0.4 is 0 Å². The van der Waals surface area contributed by atoms with E-state index in [0.29, 0.717) is 6.04 Å². The van der Waals surface area contributed by atoms with Gasteiger partial charge in [0.1, 0.15) is 0 Å². The Bertz CT molecular complexity index is 978. The van der Waals surface area contributed by atoms with Gasteiger partial charge in [-0.05, 0) is 43.0 Å². The van der Waals surface area contributed by atoms with Crippen molar-refractivity contribution < 1.29 is 4.79 Å². The third-order valence-electron chi connectivity index (χ3n) is 6.40. The number of para-hydroxylation sites is 1. The van der Waals surface area contributed by atoms with Crippen LogP contribution in [0.3, 0.4) is 0 Å². The molecule has 2 aliphatic rings. The molecule has 138 valence electrons. The Morgan fingerprint density at radius 1 is 1.07 bits per heavy atom. The summed E-state index contributed by atoms with van der Waals surface area (Å²) in [5, 5.41) is 1.36. The standard InChI is InChI=1S/C23H25N3O/c1-25(23(27)16-7-3-2-4-8-16)17-11-13-26-14-12-19-18-9-5-6-10-20(18)24-22(19)21(26)15-17/h2-10,17,21,24H,11-15H2,1H3/t17-,21+/m1/s1. The Balaban J connectivity index is 1.43. The van der Waals surface area contributed by atoms with Gasteiger partial charge in [0.05, 0.1) is 6.04 Å². The molecule has 1 amide bonds. The molecule has 0 aliphatic carbocycles. The number of rotatable bonds is 2. The van der Waals surface area contributed by atoms with E-state index in [0.717, 1.165) is 37.9 Å². The number of amides is 1. The SMILES string of the molecule is CN(C(=O)c1ccccc1)[C@@H]1CCN2CCc3c([nH]c4ccccc34)[C@@H]2C1. The fourth-order valence-corrected chi connectivity index (χ4v) is 4.90. The normalized spacial score (nSPS) is 22.3. The lowest BCUT2D eigenvalue weighted by Gasteiger charge is -2.44. The molecule has 4 heteroatoms. The zero-order chi connectivity index (χ0) is 18.4. The molecule has 0 unspecified atom stereocenters. The number of carbonyl (C=O) groups is 1. The molecule has 0 radical (unpaired) electrons. The molecule has 2 aliphatic heterocycles. The molecule has 0 spiro atoms. The van der Waals surface area contributed by atoms with E-state index in [1.54, 1.807) is 0 Å². The maximum atomic E-state index is 12.9. The molecule has 0 saturated carbocycles. The van der Waals surface area contributed by atoms with Crippen molar-refractivity contribution in [2.75, 3.05) is 20.1 Å². The summed E-state index contributed by atoms with van der Waals surface area (Å²) in [6.07, 6.45) is 3.15. The van der Waals surface area contributed by atoms with Gasteiger partial charge in [0, 0.05) is 48.3 Å². The summed E-state index contributed by atoms with van der Waals surface area (Å²) in [6.45, 7) is 2.17. The van der Waals surface area contributed by atoms with Gasteiger partial charge in [0.25, 0.3) is 5.91 Å². The molecule has 5 rings (SSSR count). The van der Waals surface area contributed by atoms with Gasteiger partial charge in [0.15, 0.2) is 0 Å². The van der Waals surface area contributed by atoms with Crippen molar-refractivity contribution in [2.24, 2.45) is 0 Å². The summed E-state index contributed by atoms with van der Waals surface area (Å²) in [5.74, 6) is 0.127. The summed E-state index contributed by atoms with van der Waals surface area (Å²) < 4.78 is 0. The fourth-order valence-electron chi connectivity index (χ4n) is 4.90. The van der Waals surface area contributed by atoms with Crippen molar-refractivity contribution in [3.05, 3.63) is 71.4 Å². The molecule has 27 heavy (non-hydrogen) atoms. The molecule has 1 fully saturated rings. The second kappa shape index (κ2) is 6.54. The number of carbonyl (C=O) groups excluding carboxylic acids is 1. The first-order valence-electron chi connectivity index (χ1n) is 9.88. The second-order valence-electron chi connectivity index (χ2n) is 7.82. The van der Waals surface area contributed by atoms with Gasteiger partial charge in [0.2, 0.25) is 0 Å². The quantitative estimate of drug-likeness (QED) is 0.751. The summed E-state index contributed by atoms with van der Waals surface area (Å²) in [7, 11) is 1.96. The molecule has 1 aromatic heterocycles. The third kappa shape index (κ3) is 2.76. The number of aromatic nitrogens is 1. The first kappa shape index (κ1) is 16.6. The highest BCUT2D eigenvalue weighted by atomic mass is 16.2. The van der Waals surface area contributed by atoms with Crippen molar-refractivity contribution in [3.8, 4) is 0 Å². The zero-order valence-electron chi connectivity index (χ0n) is 15.7. The lowest BCUT2D eigenvalue weighted by molar-refractivity contribution is 0.0496. The van der Waals surface area contributed by atoms with Crippen LogP contribution in [0.2, 0.25) is 0 Å². The van der Waals surface area contributed by atoms with Crippen LogP contribution >= 0.6 is 0 Å². The Hall–Kier alpha value is -2.59. The van der Waals surface area contributed by atoms with Crippen LogP contribution in [0.5, 0.6) is 0 Å². The topological polar surface area (TPSA) is 39.3 Å². The van der Waals surface area contributed by atoms with E-state index < -0.39 is 0 Å². The van der Waals surface area contributed by atoms with Gasteiger partial charge in [-0.25, -0.2) is 0 Å². The summed E-state index contributed by atoms with van der Waals surface area (Å²) in [4.78, 5) is 21.1. The lowest BCUT2D eigenvalue weighted by atomic mass is 9.87. The minimum Gasteiger partial charge on any atom is -0.357 e. The number of nitrogens with one attached hydrogen (secondary N) is 1. The zero-order valence-corrected chi connectivity index (χ0v) is 15.7. The van der Waals surface area contributed by atoms with Crippen LogP contribution in [0.15, 0.2) is 54.6 Å². The molecule has 3 aromatic rings. The number of H-pyrrole nitrogens is 1. The highest BCUT2D eigenvalue weighted by Gasteiger charge is 2.37. The molecule has 2 aromatic carbocycles. The van der Waals surface area contributed by atoms with Crippen LogP contribution in [0, 0.1) is 0 Å². The van der Waals surface area contributed by atoms with Gasteiger partial charge in [-0.3, -0.25) is 9.69 Å². The lowest BCUT2D eigenvalue weighted by Crippen LogP contribution is -2.49. The fraction of sp³-hybridized carbons (Fsp3) is 0.348. The van der Waals surface area contributed by atoms with Crippen LogP contribution in [0.4, 0.5) is 0 Å². The first-order chi connectivity index (χ1) is 13.2. The number of nitrogens with zero attached hydrogens (tertiary/aromatic N) is 2. The molecule has 1 N–H and O–H groups in total. The van der Waals surface area contributed by atoms with Gasteiger partial charge in [-0.2, -0.15) is 0 Å². The number of hydrogen-bond acceptors (Lipinski definition) is 2. The maximum Gasteiger partial charge on any atom is 0.253 e. The molecule has 1 saturated heterocycles. The Morgan fingerprint density at radius 2 is 1.85 bits per heavy atom. The van der Waals surface area contributed by atoms with Crippen LogP contribution in [-0.2, 0) is 6.42 Å². The Morgan fingerprint density at radius 3 is 2.70 bits per heavy atom. The summed E-state index contributed by atoms with van der Waals surface area (Å²) in [5.41, 5.74) is 4.86. The van der Waals surface area contributed by atoms with Gasteiger partial charge in [-0.1, -0.05) is 36.4 Å². The molecule has 0 bridgehead atoms. The van der Waals surface area contributed by atoms with Crippen molar-refractivity contribution >= 4 is 16.8 Å². The minimum absolute atomic E-state index is 0.127. The number of benzene rings is 2. The molecular formula is C23H25N3O. The van der Waals surface area contributed by atoms with Crippen LogP contribution in [0.1, 0.15) is 40.5 Å². The van der Waals surface area contributed by atoms with E-state index in [1.807, 2.05) is 42.3 Å². The summed E-state index contributed by atoms with van der Waals surface area (Å²) >= 11 is 0. The summed E-state index contributed by atoms with van der Waals surface area (Å²) in [6, 6.07) is 18.9. The predicted octanol–water partition coefficient (Wildman–Crippen LogP) is 4.00. The largest absolute Gasteiger partial charge is 0.357 e. The molecule has 4 nitrogen and oxygen atoms in total. The van der Waals surface area contributed by atoms with Gasteiger partial charge >= 0.3 is 0 Å². The van der Waals surface area contributed by atoms with Gasteiger partial charge in [-0.15, -0.1) is 0 Å². The predicted molar refractivity (Wildman–Crippen MR) is 108 cm³/mol. The number of hydrogen-bond donors (Lipinski definition) is 1. The highest BCUT2D eigenvalue weighted by molar-refractivity contribution is 5.94. The number of piperidine rings is 1. The Kier molecular flexibility index (Phi) is 4.01. The molecular weight excluding hydrogens is 334 g/mol. The van der Waals surface area contributed by atoms with E-state index in [2.05, 4.69) is 34.1 Å². The van der Waals surface area contributed by atoms with Crippen LogP contribution in [0.25, 0.3) is 10.9 Å². The van der Waals surface area contributed by atoms with E-state index >= 15 is 0 Å². The monoisotopic (exact) mass is 359 g/mol. The van der Waals surface area contributed by atoms with Crippen molar-refractivity contribution in [1.29, 1.82) is 0 Å². The van der Waals surface area contributed by atoms with Crippen molar-refractivity contribution in [3.63, 3.8) is 0 Å². The van der Waals surface area contributed by atoms with Crippen LogP contribution in [-0.4, -0.2) is 46.9 Å². The van der Waals surface area contributed by atoms with Crippen molar-refractivity contribution in [1.82, 2.24) is 14.8 Å². The van der Waals surface area contributed by atoms with E-state index in [-0.39, 0.29) is 11.9 Å². The van der Waals surface area contributed by atoms with E-state index in [4.69, 9.17) is 0 Å². The smallest absolute Gasteiger partial charge is 0.253 e.